The molecular formula is C17H25N5O2. The lowest BCUT2D eigenvalue weighted by molar-refractivity contribution is -0.0273. The number of H-pyrrole nitrogens is 1. The normalized spacial score (nSPS) is 21.0. The van der Waals surface area contributed by atoms with Gasteiger partial charge < -0.3 is 10.1 Å². The zero-order valence-electron chi connectivity index (χ0n) is 14.5. The molecule has 24 heavy (non-hydrogen) atoms. The highest BCUT2D eigenvalue weighted by atomic mass is 16.5. The van der Waals surface area contributed by atoms with E-state index in [-0.39, 0.29) is 17.9 Å². The number of ether oxygens (including phenoxy) is 1. The Morgan fingerprint density at radius 3 is 3.00 bits per heavy atom. The number of nitrogens with one attached hydrogen (secondary N) is 2. The summed E-state index contributed by atoms with van der Waals surface area (Å²) in [5.74, 6) is 0.114. The minimum atomic E-state index is -0.134. The van der Waals surface area contributed by atoms with Gasteiger partial charge in [0.05, 0.1) is 12.3 Å². The predicted molar refractivity (Wildman–Crippen MR) is 89.7 cm³/mol. The van der Waals surface area contributed by atoms with Crippen molar-refractivity contribution in [1.29, 1.82) is 0 Å². The van der Waals surface area contributed by atoms with Crippen LogP contribution >= 0.6 is 0 Å². The molecule has 0 aromatic carbocycles. The molecule has 2 aromatic rings. The summed E-state index contributed by atoms with van der Waals surface area (Å²) in [6.07, 6.45) is 5.93. The summed E-state index contributed by atoms with van der Waals surface area (Å²) in [4.78, 5) is 12.4. The van der Waals surface area contributed by atoms with Gasteiger partial charge >= 0.3 is 0 Å². The highest BCUT2D eigenvalue weighted by molar-refractivity contribution is 5.93. The average molecular weight is 331 g/mol. The van der Waals surface area contributed by atoms with Gasteiger partial charge in [0.15, 0.2) is 5.69 Å². The number of hydrogen-bond donors (Lipinski definition) is 2. The van der Waals surface area contributed by atoms with Crippen molar-refractivity contribution in [2.24, 2.45) is 5.92 Å². The number of aromatic nitrogens is 4. The van der Waals surface area contributed by atoms with Gasteiger partial charge in [-0.1, -0.05) is 0 Å². The maximum absolute atomic E-state index is 12.4. The highest BCUT2D eigenvalue weighted by Gasteiger charge is 2.29. The number of amides is 1. The molecule has 130 valence electrons. The number of carbonyl (C=O) groups excluding carboxylic acids is 1. The average Bonchev–Trinajstić information content (AvgIpc) is 3.20. The minimum Gasteiger partial charge on any atom is -0.373 e. The van der Waals surface area contributed by atoms with Crippen LogP contribution in [0.2, 0.25) is 0 Å². The van der Waals surface area contributed by atoms with E-state index >= 15 is 0 Å². The second-order valence-electron chi connectivity index (χ2n) is 6.36. The van der Waals surface area contributed by atoms with E-state index < -0.39 is 0 Å². The first-order valence-electron chi connectivity index (χ1n) is 8.53. The van der Waals surface area contributed by atoms with Gasteiger partial charge in [-0.05, 0) is 33.6 Å². The molecule has 2 atom stereocenters. The summed E-state index contributed by atoms with van der Waals surface area (Å²) in [7, 11) is 0. The van der Waals surface area contributed by atoms with Crippen molar-refractivity contribution < 1.29 is 9.53 Å². The highest BCUT2D eigenvalue weighted by Crippen LogP contribution is 2.33. The lowest BCUT2D eigenvalue weighted by Crippen LogP contribution is -2.35. The fourth-order valence-corrected chi connectivity index (χ4v) is 3.13. The molecule has 0 unspecified atom stereocenters. The Balaban J connectivity index is 1.65. The van der Waals surface area contributed by atoms with E-state index in [1.165, 1.54) is 0 Å². The number of aryl methyl sites for hydroxylation is 2. The third-order valence-electron chi connectivity index (χ3n) is 4.74. The van der Waals surface area contributed by atoms with Crippen molar-refractivity contribution in [3.8, 4) is 0 Å². The molecule has 1 aliphatic heterocycles. The van der Waals surface area contributed by atoms with Crippen molar-refractivity contribution >= 4 is 5.91 Å². The van der Waals surface area contributed by atoms with Crippen LogP contribution < -0.4 is 5.32 Å². The summed E-state index contributed by atoms with van der Waals surface area (Å²) in [6, 6.07) is 0. The largest absolute Gasteiger partial charge is 0.373 e. The van der Waals surface area contributed by atoms with Crippen LogP contribution in [0.25, 0.3) is 0 Å². The first-order chi connectivity index (χ1) is 11.6. The van der Waals surface area contributed by atoms with Gasteiger partial charge in [0.2, 0.25) is 0 Å². The molecule has 1 saturated heterocycles. The van der Waals surface area contributed by atoms with Gasteiger partial charge in [-0.2, -0.15) is 10.2 Å². The Bertz CT molecular complexity index is 706. The van der Waals surface area contributed by atoms with Crippen LogP contribution in [0.3, 0.4) is 0 Å². The van der Waals surface area contributed by atoms with Crippen LogP contribution in [0.5, 0.6) is 0 Å². The van der Waals surface area contributed by atoms with E-state index in [1.54, 1.807) is 0 Å². The Labute approximate surface area is 141 Å². The van der Waals surface area contributed by atoms with E-state index in [1.807, 2.05) is 30.9 Å². The Hall–Kier alpha value is -2.15. The molecule has 1 amide bonds. The summed E-state index contributed by atoms with van der Waals surface area (Å²) in [6.45, 7) is 8.04. The summed E-state index contributed by atoms with van der Waals surface area (Å²) < 4.78 is 7.88. The van der Waals surface area contributed by atoms with Crippen LogP contribution in [-0.4, -0.2) is 39.0 Å². The summed E-state index contributed by atoms with van der Waals surface area (Å²) >= 11 is 0. The second-order valence-corrected chi connectivity index (χ2v) is 6.36. The molecule has 2 N–H and O–H groups in total. The molecule has 1 aliphatic rings. The third kappa shape index (κ3) is 3.36. The van der Waals surface area contributed by atoms with Crippen LogP contribution in [-0.2, 0) is 11.3 Å². The molecular weight excluding hydrogens is 306 g/mol. The minimum absolute atomic E-state index is 0.0126. The molecule has 0 saturated carbocycles. The molecule has 7 nitrogen and oxygen atoms in total. The number of hydrogen-bond acceptors (Lipinski definition) is 4. The molecule has 3 rings (SSSR count). The van der Waals surface area contributed by atoms with Crippen molar-refractivity contribution in [3.63, 3.8) is 0 Å². The third-order valence-corrected chi connectivity index (χ3v) is 4.74. The Morgan fingerprint density at radius 1 is 1.50 bits per heavy atom. The van der Waals surface area contributed by atoms with Crippen LogP contribution in [0.15, 0.2) is 12.4 Å². The number of aromatic amines is 1. The molecule has 0 aliphatic carbocycles. The summed E-state index contributed by atoms with van der Waals surface area (Å²) in [5, 5.41) is 14.3. The van der Waals surface area contributed by atoms with Gasteiger partial charge in [0.25, 0.3) is 5.91 Å². The van der Waals surface area contributed by atoms with Crippen LogP contribution in [0.4, 0.5) is 0 Å². The summed E-state index contributed by atoms with van der Waals surface area (Å²) in [5.41, 5.74) is 3.38. The second kappa shape index (κ2) is 7.17. The molecule has 7 heteroatoms. The van der Waals surface area contributed by atoms with Crippen molar-refractivity contribution in [3.05, 3.63) is 34.9 Å². The van der Waals surface area contributed by atoms with Crippen molar-refractivity contribution in [2.75, 3.05) is 13.2 Å². The standard InChI is InChI=1S/C17H25N5O2/c1-4-22-10-14(9-19-22)16-13(6-5-7-24-16)8-18-17(23)15-11(2)12(3)20-21-15/h9-10,13,16H,4-8H2,1-3H3,(H,18,23)(H,20,21)/t13-,16+/m0/s1. The monoisotopic (exact) mass is 331 g/mol. The fourth-order valence-electron chi connectivity index (χ4n) is 3.13. The number of nitrogens with zero attached hydrogens (tertiary/aromatic N) is 3. The Morgan fingerprint density at radius 2 is 2.33 bits per heavy atom. The van der Waals surface area contributed by atoms with Gasteiger partial charge in [-0.25, -0.2) is 0 Å². The SMILES string of the molecule is CCn1cc([C@@H]2OCCC[C@H]2CNC(=O)c2n[nH]c(C)c2C)cn1. The number of rotatable bonds is 5. The van der Waals surface area contributed by atoms with Crippen LogP contribution in [0.1, 0.15) is 53.2 Å². The molecule has 2 aromatic heterocycles. The fraction of sp³-hybridized carbons (Fsp3) is 0.588. The molecule has 0 radical (unpaired) electrons. The van der Waals surface area contributed by atoms with E-state index in [0.29, 0.717) is 12.2 Å². The topological polar surface area (TPSA) is 84.8 Å². The van der Waals surface area contributed by atoms with Gasteiger partial charge in [0.1, 0.15) is 0 Å². The number of carbonyl (C=O) groups is 1. The van der Waals surface area contributed by atoms with E-state index in [4.69, 9.17) is 4.74 Å². The van der Waals surface area contributed by atoms with E-state index in [2.05, 4.69) is 27.5 Å². The Kier molecular flexibility index (Phi) is 4.99. The zero-order valence-corrected chi connectivity index (χ0v) is 14.5. The van der Waals surface area contributed by atoms with Crippen molar-refractivity contribution in [1.82, 2.24) is 25.3 Å². The quantitative estimate of drug-likeness (QED) is 0.879. The van der Waals surface area contributed by atoms with Crippen LogP contribution in [0, 0.1) is 19.8 Å². The molecule has 1 fully saturated rings. The first kappa shape index (κ1) is 16.7. The zero-order chi connectivity index (χ0) is 17.1. The lowest BCUT2D eigenvalue weighted by Gasteiger charge is -2.31. The molecule has 0 spiro atoms. The van der Waals surface area contributed by atoms with Gasteiger partial charge in [-0.3, -0.25) is 14.6 Å². The van der Waals surface area contributed by atoms with Crippen molar-refractivity contribution in [2.45, 2.75) is 46.3 Å². The first-order valence-corrected chi connectivity index (χ1v) is 8.53. The van der Waals surface area contributed by atoms with E-state index in [9.17, 15) is 4.79 Å². The smallest absolute Gasteiger partial charge is 0.272 e. The predicted octanol–water partition coefficient (Wildman–Crippen LogP) is 2.14. The van der Waals surface area contributed by atoms with Gasteiger partial charge in [-0.15, -0.1) is 0 Å². The maximum atomic E-state index is 12.4. The maximum Gasteiger partial charge on any atom is 0.272 e. The van der Waals surface area contributed by atoms with Gasteiger partial charge in [0, 0.05) is 48.6 Å². The molecule has 0 bridgehead atoms. The van der Waals surface area contributed by atoms with E-state index in [0.717, 1.165) is 42.8 Å². The molecule has 3 heterocycles. The lowest BCUT2D eigenvalue weighted by atomic mass is 9.91.